The normalized spacial score (nSPS) is 12.2. The number of halogens is 3. The van der Waals surface area contributed by atoms with Gasteiger partial charge in [-0.15, -0.1) is 0 Å². The molecule has 152 valence electrons. The SMILES string of the molecule is COc1cc(C(F)(F)F)ccc1-c1nccc2cc(S(=O)(=O)CC(C)=O)ccc12. The van der Waals surface area contributed by atoms with Gasteiger partial charge in [0.25, 0.3) is 0 Å². The highest BCUT2D eigenvalue weighted by molar-refractivity contribution is 7.92. The van der Waals surface area contributed by atoms with Crippen LogP contribution in [-0.4, -0.2) is 32.0 Å². The first kappa shape index (κ1) is 20.8. The third-order valence-corrected chi connectivity index (χ3v) is 6.03. The minimum absolute atomic E-state index is 0.00639. The molecule has 3 rings (SSSR count). The van der Waals surface area contributed by atoms with E-state index in [1.165, 1.54) is 44.5 Å². The van der Waals surface area contributed by atoms with Gasteiger partial charge in [0.1, 0.15) is 17.3 Å². The zero-order valence-electron chi connectivity index (χ0n) is 15.4. The maximum absolute atomic E-state index is 13.0. The van der Waals surface area contributed by atoms with Gasteiger partial charge in [0.15, 0.2) is 9.84 Å². The van der Waals surface area contributed by atoms with E-state index in [2.05, 4.69) is 4.98 Å². The van der Waals surface area contributed by atoms with E-state index < -0.39 is 33.1 Å². The molecular weight excluding hydrogens is 407 g/mol. The number of carbonyl (C=O) groups is 1. The molecule has 0 aliphatic carbocycles. The number of ketones is 1. The number of hydrogen-bond donors (Lipinski definition) is 0. The lowest BCUT2D eigenvalue weighted by atomic mass is 10.0. The Balaban J connectivity index is 2.16. The Morgan fingerprint density at radius 2 is 1.83 bits per heavy atom. The molecule has 0 spiro atoms. The number of aromatic nitrogens is 1. The smallest absolute Gasteiger partial charge is 0.416 e. The number of methoxy groups -OCH3 is 1. The van der Waals surface area contributed by atoms with Gasteiger partial charge in [0, 0.05) is 17.1 Å². The molecule has 1 heterocycles. The summed E-state index contributed by atoms with van der Waals surface area (Å²) in [6.45, 7) is 1.19. The van der Waals surface area contributed by atoms with Crippen molar-refractivity contribution >= 4 is 26.4 Å². The highest BCUT2D eigenvalue weighted by Crippen LogP contribution is 2.38. The van der Waals surface area contributed by atoms with Crippen LogP contribution in [0.2, 0.25) is 0 Å². The van der Waals surface area contributed by atoms with Crippen LogP contribution in [0.1, 0.15) is 12.5 Å². The van der Waals surface area contributed by atoms with Gasteiger partial charge < -0.3 is 4.74 Å². The summed E-state index contributed by atoms with van der Waals surface area (Å²) in [6.07, 6.45) is -3.09. The molecule has 2 aromatic carbocycles. The molecule has 0 saturated heterocycles. The molecule has 0 N–H and O–H groups in total. The van der Waals surface area contributed by atoms with Crippen LogP contribution in [0, 0.1) is 0 Å². The second-order valence-electron chi connectivity index (χ2n) is 6.42. The molecule has 29 heavy (non-hydrogen) atoms. The van der Waals surface area contributed by atoms with Gasteiger partial charge in [-0.1, -0.05) is 6.07 Å². The number of alkyl halides is 3. The number of nitrogens with zero attached hydrogens (tertiary/aromatic N) is 1. The molecule has 0 atom stereocenters. The summed E-state index contributed by atoms with van der Waals surface area (Å²) in [5.41, 5.74) is -0.162. The summed E-state index contributed by atoms with van der Waals surface area (Å²) in [6, 6.07) is 8.96. The van der Waals surface area contributed by atoms with Crippen LogP contribution in [0.4, 0.5) is 13.2 Å². The summed E-state index contributed by atoms with van der Waals surface area (Å²) in [4.78, 5) is 15.5. The van der Waals surface area contributed by atoms with E-state index in [9.17, 15) is 26.4 Å². The number of hydrogen-bond acceptors (Lipinski definition) is 5. The van der Waals surface area contributed by atoms with E-state index in [0.29, 0.717) is 22.0 Å². The van der Waals surface area contributed by atoms with Crippen molar-refractivity contribution in [3.05, 3.63) is 54.2 Å². The highest BCUT2D eigenvalue weighted by Gasteiger charge is 2.31. The fourth-order valence-electron chi connectivity index (χ4n) is 2.98. The second kappa shape index (κ2) is 7.47. The number of sulfone groups is 1. The lowest BCUT2D eigenvalue weighted by Crippen LogP contribution is -2.13. The number of pyridine rings is 1. The first-order valence-electron chi connectivity index (χ1n) is 8.39. The van der Waals surface area contributed by atoms with E-state index in [4.69, 9.17) is 4.74 Å². The van der Waals surface area contributed by atoms with E-state index in [1.807, 2.05) is 0 Å². The summed E-state index contributed by atoms with van der Waals surface area (Å²) in [5, 5.41) is 1.05. The van der Waals surface area contributed by atoms with Crippen LogP contribution in [0.25, 0.3) is 22.0 Å². The van der Waals surface area contributed by atoms with E-state index in [0.717, 1.165) is 12.1 Å². The summed E-state index contributed by atoms with van der Waals surface area (Å²) >= 11 is 0. The third-order valence-electron chi connectivity index (χ3n) is 4.27. The number of fused-ring (bicyclic) bond motifs is 1. The number of benzene rings is 2. The van der Waals surface area contributed by atoms with Gasteiger partial charge in [-0.05, 0) is 48.7 Å². The summed E-state index contributed by atoms with van der Waals surface area (Å²) < 4.78 is 68.7. The zero-order valence-corrected chi connectivity index (χ0v) is 16.3. The van der Waals surface area contributed by atoms with Crippen LogP contribution in [0.5, 0.6) is 5.75 Å². The average Bonchev–Trinajstić information content (AvgIpc) is 2.64. The van der Waals surface area contributed by atoms with Crippen molar-refractivity contribution in [2.24, 2.45) is 0 Å². The molecule has 5 nitrogen and oxygen atoms in total. The number of rotatable bonds is 5. The van der Waals surface area contributed by atoms with Gasteiger partial charge in [-0.2, -0.15) is 13.2 Å². The Kier molecular flexibility index (Phi) is 5.36. The Hall–Kier alpha value is -2.94. The Labute approximate surface area is 165 Å². The molecule has 0 radical (unpaired) electrons. The van der Waals surface area contributed by atoms with Crippen molar-refractivity contribution in [1.29, 1.82) is 0 Å². The Bertz CT molecular complexity index is 1200. The van der Waals surface area contributed by atoms with E-state index in [-0.39, 0.29) is 10.6 Å². The summed E-state index contributed by atoms with van der Waals surface area (Å²) in [7, 11) is -2.52. The van der Waals surface area contributed by atoms with Crippen molar-refractivity contribution in [2.75, 3.05) is 12.9 Å². The zero-order chi connectivity index (χ0) is 21.4. The van der Waals surface area contributed by atoms with Crippen LogP contribution in [0.15, 0.2) is 53.6 Å². The van der Waals surface area contributed by atoms with Crippen molar-refractivity contribution in [2.45, 2.75) is 18.0 Å². The maximum Gasteiger partial charge on any atom is 0.416 e. The molecule has 0 bridgehead atoms. The number of carbonyl (C=O) groups excluding carboxylic acids is 1. The average molecular weight is 423 g/mol. The minimum Gasteiger partial charge on any atom is -0.496 e. The molecule has 0 aliphatic rings. The molecule has 1 aromatic heterocycles. The van der Waals surface area contributed by atoms with Crippen molar-refractivity contribution in [3.8, 4) is 17.0 Å². The highest BCUT2D eigenvalue weighted by atomic mass is 32.2. The first-order chi connectivity index (χ1) is 13.5. The molecule has 0 fully saturated rings. The lowest BCUT2D eigenvalue weighted by Gasteiger charge is -2.14. The van der Waals surface area contributed by atoms with Gasteiger partial charge >= 0.3 is 6.18 Å². The quantitative estimate of drug-likeness (QED) is 0.612. The Morgan fingerprint density at radius 3 is 2.45 bits per heavy atom. The van der Waals surface area contributed by atoms with Crippen LogP contribution < -0.4 is 4.74 Å². The molecule has 3 aromatic rings. The van der Waals surface area contributed by atoms with Gasteiger partial charge in [-0.3, -0.25) is 9.78 Å². The van der Waals surface area contributed by atoms with Crippen molar-refractivity contribution in [3.63, 3.8) is 0 Å². The Morgan fingerprint density at radius 1 is 1.10 bits per heavy atom. The molecular formula is C20H16F3NO4S. The number of Topliss-reactive ketones (excluding diaryl/α,β-unsaturated/α-hetero) is 1. The topological polar surface area (TPSA) is 73.3 Å². The summed E-state index contributed by atoms with van der Waals surface area (Å²) in [5.74, 6) is -1.09. The fraction of sp³-hybridized carbons (Fsp3) is 0.200. The van der Waals surface area contributed by atoms with Gasteiger partial charge in [0.2, 0.25) is 0 Å². The van der Waals surface area contributed by atoms with Gasteiger partial charge in [0.05, 0.1) is 23.3 Å². The first-order valence-corrected chi connectivity index (χ1v) is 10.0. The predicted molar refractivity (Wildman–Crippen MR) is 101 cm³/mol. The van der Waals surface area contributed by atoms with Crippen LogP contribution in [0.3, 0.4) is 0 Å². The fourth-order valence-corrected chi connectivity index (χ4v) is 4.26. The number of ether oxygens (including phenoxy) is 1. The molecule has 0 aliphatic heterocycles. The lowest BCUT2D eigenvalue weighted by molar-refractivity contribution is -0.137. The third kappa shape index (κ3) is 4.24. The molecule has 0 saturated carbocycles. The minimum atomic E-state index is -4.52. The van der Waals surface area contributed by atoms with Crippen LogP contribution >= 0.6 is 0 Å². The molecule has 9 heteroatoms. The van der Waals surface area contributed by atoms with Crippen molar-refractivity contribution in [1.82, 2.24) is 4.98 Å². The molecule has 0 amide bonds. The monoisotopic (exact) mass is 423 g/mol. The maximum atomic E-state index is 13.0. The second-order valence-corrected chi connectivity index (χ2v) is 8.41. The molecule has 0 unspecified atom stereocenters. The van der Waals surface area contributed by atoms with Crippen molar-refractivity contribution < 1.29 is 31.1 Å². The van der Waals surface area contributed by atoms with Gasteiger partial charge in [-0.25, -0.2) is 8.42 Å². The van der Waals surface area contributed by atoms with Crippen LogP contribution in [-0.2, 0) is 20.8 Å². The van der Waals surface area contributed by atoms with E-state index in [1.54, 1.807) is 6.07 Å². The standard InChI is InChI=1S/C20H16F3NO4S/c1-12(25)11-29(26,27)15-4-6-16-13(9-15)7-8-24-19(16)17-5-3-14(20(21,22)23)10-18(17)28-2/h3-10H,11H2,1-2H3. The van der Waals surface area contributed by atoms with E-state index >= 15 is 0 Å². The largest absolute Gasteiger partial charge is 0.496 e. The predicted octanol–water partition coefficient (Wildman–Crippen LogP) is 4.29.